The van der Waals surface area contributed by atoms with Gasteiger partial charge in [-0.15, -0.1) is 0 Å². The number of likely N-dealkylation sites (N-methyl/N-ethyl adjacent to an activating group) is 1. The minimum Gasteiger partial charge on any atom is -0.462 e. The SMILES string of the molecule is C=CC(=O)N1CC2(CCN(c3nc(OCC4CCCN4C)nc(-c4cc(C(N)=O)ccc4F)c3C#N)C2)C1. The summed E-state index contributed by atoms with van der Waals surface area (Å²) in [6.45, 7) is 7.27. The molecule has 38 heavy (non-hydrogen) atoms. The quantitative estimate of drug-likeness (QED) is 0.550. The first-order valence-corrected chi connectivity index (χ1v) is 12.6. The number of aromatic nitrogens is 2. The minimum absolute atomic E-state index is 0.0235. The predicted octanol–water partition coefficient (Wildman–Crippen LogP) is 1.95. The molecule has 3 aliphatic heterocycles. The van der Waals surface area contributed by atoms with Crippen molar-refractivity contribution in [1.82, 2.24) is 19.8 Å². The van der Waals surface area contributed by atoms with Gasteiger partial charge in [0.25, 0.3) is 0 Å². The number of nitrogens with two attached hydrogens (primary N) is 1. The van der Waals surface area contributed by atoms with E-state index in [1.807, 2.05) is 11.9 Å². The van der Waals surface area contributed by atoms with Crippen molar-refractivity contribution in [3.05, 3.63) is 47.8 Å². The summed E-state index contributed by atoms with van der Waals surface area (Å²) in [4.78, 5) is 38.8. The van der Waals surface area contributed by atoms with E-state index >= 15 is 4.39 Å². The molecule has 0 radical (unpaired) electrons. The Morgan fingerprint density at radius 1 is 1.32 bits per heavy atom. The lowest BCUT2D eigenvalue weighted by Gasteiger charge is -2.47. The van der Waals surface area contributed by atoms with Gasteiger partial charge < -0.3 is 25.2 Å². The van der Waals surface area contributed by atoms with Crippen molar-refractivity contribution in [2.75, 3.05) is 51.3 Å². The summed E-state index contributed by atoms with van der Waals surface area (Å²) in [6, 6.07) is 6.12. The van der Waals surface area contributed by atoms with Crippen molar-refractivity contribution >= 4 is 17.6 Å². The first-order chi connectivity index (χ1) is 18.2. The number of likely N-dealkylation sites (tertiary alicyclic amines) is 2. The van der Waals surface area contributed by atoms with Crippen LogP contribution in [0.5, 0.6) is 6.01 Å². The van der Waals surface area contributed by atoms with Crippen molar-refractivity contribution in [2.45, 2.75) is 25.3 Å². The summed E-state index contributed by atoms with van der Waals surface area (Å²) in [5.41, 5.74) is 5.54. The van der Waals surface area contributed by atoms with Crippen LogP contribution in [-0.4, -0.2) is 84.0 Å². The number of amides is 2. The van der Waals surface area contributed by atoms with Crippen LogP contribution in [0.2, 0.25) is 0 Å². The molecule has 3 fully saturated rings. The second-order valence-electron chi connectivity index (χ2n) is 10.4. The standard InChI is InChI=1S/C27H30FN7O3/c1-3-22(36)35-15-27(16-35)8-10-34(14-27)25-20(12-29)23(19-11-17(24(30)37)6-7-21(19)28)31-26(32-25)38-13-18-5-4-9-33(18)2/h3,6-7,11,18H,1,4-5,8-10,13-16H2,2H3,(H2,30,37). The first-order valence-electron chi connectivity index (χ1n) is 12.6. The summed E-state index contributed by atoms with van der Waals surface area (Å²) >= 11 is 0. The number of ether oxygens (including phenoxy) is 1. The van der Waals surface area contributed by atoms with Gasteiger partial charge in [0, 0.05) is 48.8 Å². The van der Waals surface area contributed by atoms with Gasteiger partial charge in [-0.05, 0) is 57.1 Å². The number of rotatable bonds is 7. The molecule has 0 bridgehead atoms. The van der Waals surface area contributed by atoms with Gasteiger partial charge in [-0.25, -0.2) is 4.39 Å². The van der Waals surface area contributed by atoms with Gasteiger partial charge >= 0.3 is 6.01 Å². The monoisotopic (exact) mass is 519 g/mol. The number of nitrogens with zero attached hydrogens (tertiary/aromatic N) is 6. The van der Waals surface area contributed by atoms with Crippen LogP contribution in [-0.2, 0) is 4.79 Å². The third-order valence-electron chi connectivity index (χ3n) is 7.84. The van der Waals surface area contributed by atoms with Crippen molar-refractivity contribution in [3.63, 3.8) is 0 Å². The Kier molecular flexibility index (Phi) is 6.75. The van der Waals surface area contributed by atoms with E-state index in [0.29, 0.717) is 38.6 Å². The topological polar surface area (TPSA) is 129 Å². The van der Waals surface area contributed by atoms with Crippen molar-refractivity contribution in [3.8, 4) is 23.3 Å². The van der Waals surface area contributed by atoms with Crippen molar-refractivity contribution < 1.29 is 18.7 Å². The number of anilines is 1. The highest BCUT2D eigenvalue weighted by Gasteiger charge is 2.49. The largest absolute Gasteiger partial charge is 0.462 e. The van der Waals surface area contributed by atoms with Gasteiger partial charge in [-0.3, -0.25) is 9.59 Å². The molecule has 4 heterocycles. The molecule has 1 aromatic carbocycles. The van der Waals surface area contributed by atoms with E-state index in [0.717, 1.165) is 31.9 Å². The van der Waals surface area contributed by atoms with Crippen molar-refractivity contribution in [2.24, 2.45) is 11.1 Å². The zero-order valence-corrected chi connectivity index (χ0v) is 21.3. The molecule has 3 aliphatic rings. The molecule has 1 aromatic heterocycles. The lowest BCUT2D eigenvalue weighted by molar-refractivity contribution is -0.136. The van der Waals surface area contributed by atoms with E-state index in [1.165, 1.54) is 18.2 Å². The van der Waals surface area contributed by atoms with Gasteiger partial charge in [-0.2, -0.15) is 15.2 Å². The van der Waals surface area contributed by atoms with Gasteiger partial charge in [0.1, 0.15) is 29.8 Å². The fourth-order valence-corrected chi connectivity index (χ4v) is 5.66. The van der Waals surface area contributed by atoms with E-state index in [4.69, 9.17) is 10.5 Å². The summed E-state index contributed by atoms with van der Waals surface area (Å²) in [7, 11) is 2.03. The third kappa shape index (κ3) is 4.67. The number of carbonyl (C=O) groups is 2. The second-order valence-corrected chi connectivity index (χ2v) is 10.4. The molecule has 3 saturated heterocycles. The van der Waals surface area contributed by atoms with Crippen LogP contribution in [0.4, 0.5) is 10.2 Å². The summed E-state index contributed by atoms with van der Waals surface area (Å²) < 4.78 is 21.1. The van der Waals surface area contributed by atoms with Crippen LogP contribution in [0.25, 0.3) is 11.3 Å². The number of primary amides is 1. The first kappa shape index (κ1) is 25.6. The van der Waals surface area contributed by atoms with Gasteiger partial charge in [0.2, 0.25) is 11.8 Å². The van der Waals surface area contributed by atoms with Crippen LogP contribution >= 0.6 is 0 Å². The number of halogens is 1. The highest BCUT2D eigenvalue weighted by atomic mass is 19.1. The number of benzene rings is 1. The number of carbonyl (C=O) groups excluding carboxylic acids is 2. The van der Waals surface area contributed by atoms with Crippen LogP contribution in [0, 0.1) is 22.6 Å². The van der Waals surface area contributed by atoms with Gasteiger partial charge in [0.15, 0.2) is 5.82 Å². The summed E-state index contributed by atoms with van der Waals surface area (Å²) in [6.07, 6.45) is 4.18. The maximum Gasteiger partial charge on any atom is 0.319 e. The summed E-state index contributed by atoms with van der Waals surface area (Å²) in [5.74, 6) is -1.12. The zero-order valence-electron chi connectivity index (χ0n) is 21.3. The van der Waals surface area contributed by atoms with Crippen LogP contribution < -0.4 is 15.4 Å². The van der Waals surface area contributed by atoms with Crippen LogP contribution in [0.3, 0.4) is 0 Å². The van der Waals surface area contributed by atoms with Crippen molar-refractivity contribution in [1.29, 1.82) is 5.26 Å². The number of hydrogen-bond acceptors (Lipinski definition) is 8. The number of hydrogen-bond donors (Lipinski definition) is 1. The molecule has 2 amide bonds. The molecule has 0 aliphatic carbocycles. The Morgan fingerprint density at radius 3 is 2.76 bits per heavy atom. The molecule has 10 nitrogen and oxygen atoms in total. The molecule has 198 valence electrons. The highest BCUT2D eigenvalue weighted by molar-refractivity contribution is 5.94. The van der Waals surface area contributed by atoms with E-state index in [2.05, 4.69) is 27.5 Å². The Labute approximate surface area is 220 Å². The highest BCUT2D eigenvalue weighted by Crippen LogP contribution is 2.43. The van der Waals surface area contributed by atoms with Crippen LogP contribution in [0.1, 0.15) is 35.2 Å². The molecule has 1 atom stereocenters. The molecule has 5 rings (SSSR count). The molecule has 1 unspecified atom stereocenters. The molecule has 2 N–H and O–H groups in total. The Bertz CT molecular complexity index is 1330. The minimum atomic E-state index is -0.718. The fourth-order valence-electron chi connectivity index (χ4n) is 5.66. The van der Waals surface area contributed by atoms with E-state index in [-0.39, 0.29) is 45.8 Å². The molecular formula is C27H30FN7O3. The Hall–Kier alpha value is -4.04. The zero-order chi connectivity index (χ0) is 27.0. The maximum atomic E-state index is 15.1. The normalized spacial score (nSPS) is 20.3. The van der Waals surface area contributed by atoms with E-state index in [1.54, 1.807) is 4.90 Å². The molecular weight excluding hydrogens is 489 g/mol. The molecule has 0 saturated carbocycles. The maximum absolute atomic E-state index is 15.1. The lowest BCUT2D eigenvalue weighted by atomic mass is 9.79. The lowest BCUT2D eigenvalue weighted by Crippen LogP contribution is -2.59. The Balaban J connectivity index is 1.52. The van der Waals surface area contributed by atoms with Gasteiger partial charge in [-0.1, -0.05) is 6.58 Å². The molecule has 11 heteroatoms. The fraction of sp³-hybridized carbons (Fsp3) is 0.444. The third-order valence-corrected chi connectivity index (χ3v) is 7.84. The summed E-state index contributed by atoms with van der Waals surface area (Å²) in [5, 5.41) is 10.2. The smallest absolute Gasteiger partial charge is 0.319 e. The predicted molar refractivity (Wildman–Crippen MR) is 138 cm³/mol. The van der Waals surface area contributed by atoms with Gasteiger partial charge in [0.05, 0.1) is 0 Å². The average molecular weight is 520 g/mol. The Morgan fingerprint density at radius 2 is 2.11 bits per heavy atom. The molecule has 1 spiro atoms. The molecule has 2 aromatic rings. The van der Waals surface area contributed by atoms with Crippen LogP contribution in [0.15, 0.2) is 30.9 Å². The van der Waals surface area contributed by atoms with E-state index < -0.39 is 11.7 Å². The number of nitriles is 1. The van der Waals surface area contributed by atoms with E-state index in [9.17, 15) is 14.9 Å². The second kappa shape index (κ2) is 10.0. The average Bonchev–Trinajstić information content (AvgIpc) is 3.52.